The minimum atomic E-state index is -3.18. The summed E-state index contributed by atoms with van der Waals surface area (Å²) in [4.78, 5) is 0. The Bertz CT molecular complexity index is 279. The first kappa shape index (κ1) is 18.8. The summed E-state index contributed by atoms with van der Waals surface area (Å²) < 4.78 is 35.4. The molecule has 0 aromatic heterocycles. The third-order valence-electron chi connectivity index (χ3n) is 2.72. The Balaban J connectivity index is 3.84. The van der Waals surface area contributed by atoms with Crippen molar-refractivity contribution in [3.8, 4) is 0 Å². The molecule has 0 heterocycles. The maximum Gasteiger partial charge on any atom is 0.211 e. The summed E-state index contributed by atoms with van der Waals surface area (Å²) in [5.41, 5.74) is 0. The summed E-state index contributed by atoms with van der Waals surface area (Å²) in [5.74, 6) is 0. The summed E-state index contributed by atoms with van der Waals surface area (Å²) in [5, 5.41) is 0. The summed E-state index contributed by atoms with van der Waals surface area (Å²) in [7, 11) is -3.18. The molecule has 0 saturated heterocycles. The first-order valence-corrected chi connectivity index (χ1v) is 8.97. The van der Waals surface area contributed by atoms with E-state index in [2.05, 4.69) is 13.8 Å². The van der Waals surface area contributed by atoms with Crippen LogP contribution in [0, 0.1) is 0 Å². The second-order valence-corrected chi connectivity index (χ2v) is 6.58. The molecular formula is C13H29NO4S. The molecule has 19 heavy (non-hydrogen) atoms. The largest absolute Gasteiger partial charge is 0.380 e. The van der Waals surface area contributed by atoms with Gasteiger partial charge in [-0.1, -0.05) is 26.7 Å². The molecule has 0 radical (unpaired) electrons. The Labute approximate surface area is 118 Å². The third-order valence-corrected chi connectivity index (χ3v) is 4.03. The van der Waals surface area contributed by atoms with Crippen LogP contribution in [0.15, 0.2) is 0 Å². The van der Waals surface area contributed by atoms with E-state index in [1.54, 1.807) is 0 Å². The second kappa shape index (κ2) is 11.6. The minimum Gasteiger partial charge on any atom is -0.380 e. The Morgan fingerprint density at radius 1 is 0.842 bits per heavy atom. The molecule has 0 aromatic carbocycles. The first-order chi connectivity index (χ1) is 9.02. The van der Waals surface area contributed by atoms with E-state index in [0.717, 1.165) is 25.7 Å². The van der Waals surface area contributed by atoms with Gasteiger partial charge in [0.15, 0.2) is 0 Å². The van der Waals surface area contributed by atoms with Crippen molar-refractivity contribution in [3.63, 3.8) is 0 Å². The number of hydrogen-bond acceptors (Lipinski definition) is 4. The predicted octanol–water partition coefficient (Wildman–Crippen LogP) is 1.88. The van der Waals surface area contributed by atoms with E-state index >= 15 is 0 Å². The standard InChI is InChI=1S/C13H29NO4S/c1-4-6-10-17-12-8-14(19(3,15)16)9-13-18-11-7-5-2/h4-13H2,1-3H3. The van der Waals surface area contributed by atoms with Gasteiger partial charge in [0.05, 0.1) is 19.5 Å². The highest BCUT2D eigenvalue weighted by atomic mass is 32.2. The van der Waals surface area contributed by atoms with Crippen molar-refractivity contribution in [1.29, 1.82) is 0 Å². The minimum absolute atomic E-state index is 0.402. The number of nitrogens with zero attached hydrogens (tertiary/aromatic N) is 1. The van der Waals surface area contributed by atoms with E-state index < -0.39 is 10.0 Å². The lowest BCUT2D eigenvalue weighted by molar-refractivity contribution is 0.0976. The zero-order chi connectivity index (χ0) is 14.6. The molecular weight excluding hydrogens is 266 g/mol. The number of unbranched alkanes of at least 4 members (excludes halogenated alkanes) is 2. The molecule has 0 unspecified atom stereocenters. The summed E-state index contributed by atoms with van der Waals surface area (Å²) in [6.45, 7) is 7.28. The van der Waals surface area contributed by atoms with Crippen LogP contribution < -0.4 is 0 Å². The Hall–Kier alpha value is -0.170. The van der Waals surface area contributed by atoms with Gasteiger partial charge in [-0.3, -0.25) is 0 Å². The quantitative estimate of drug-likeness (QED) is 0.487. The van der Waals surface area contributed by atoms with Crippen LogP contribution in [0.25, 0.3) is 0 Å². The van der Waals surface area contributed by atoms with E-state index in [-0.39, 0.29) is 0 Å². The topological polar surface area (TPSA) is 55.8 Å². The average Bonchev–Trinajstić information content (AvgIpc) is 2.34. The third kappa shape index (κ3) is 11.4. The van der Waals surface area contributed by atoms with Crippen molar-refractivity contribution < 1.29 is 17.9 Å². The molecule has 0 rings (SSSR count). The van der Waals surface area contributed by atoms with Crippen molar-refractivity contribution in [2.24, 2.45) is 0 Å². The van der Waals surface area contributed by atoms with Gasteiger partial charge in [0.1, 0.15) is 0 Å². The van der Waals surface area contributed by atoms with Gasteiger partial charge in [-0.2, -0.15) is 4.31 Å². The zero-order valence-electron chi connectivity index (χ0n) is 12.6. The zero-order valence-corrected chi connectivity index (χ0v) is 13.4. The van der Waals surface area contributed by atoms with Crippen molar-refractivity contribution in [1.82, 2.24) is 4.31 Å². The van der Waals surface area contributed by atoms with Crippen molar-refractivity contribution >= 4 is 10.0 Å². The molecule has 0 atom stereocenters. The number of ether oxygens (including phenoxy) is 2. The fourth-order valence-corrected chi connectivity index (χ4v) is 2.29. The lowest BCUT2D eigenvalue weighted by Gasteiger charge is -2.19. The number of hydrogen-bond donors (Lipinski definition) is 0. The Morgan fingerprint density at radius 3 is 1.58 bits per heavy atom. The van der Waals surface area contributed by atoms with E-state index in [4.69, 9.17) is 9.47 Å². The highest BCUT2D eigenvalue weighted by molar-refractivity contribution is 7.88. The lowest BCUT2D eigenvalue weighted by atomic mass is 10.4. The van der Waals surface area contributed by atoms with Gasteiger partial charge in [0.25, 0.3) is 0 Å². The molecule has 0 spiro atoms. The maximum absolute atomic E-state index is 11.6. The molecule has 0 amide bonds. The maximum atomic E-state index is 11.6. The van der Waals surface area contributed by atoms with Gasteiger partial charge < -0.3 is 9.47 Å². The van der Waals surface area contributed by atoms with E-state index in [0.29, 0.717) is 39.5 Å². The average molecular weight is 295 g/mol. The molecule has 0 aromatic rings. The van der Waals surface area contributed by atoms with Gasteiger partial charge in [0.2, 0.25) is 10.0 Å². The first-order valence-electron chi connectivity index (χ1n) is 7.13. The molecule has 0 aliphatic rings. The van der Waals surface area contributed by atoms with Gasteiger partial charge in [-0.15, -0.1) is 0 Å². The molecule has 0 aliphatic carbocycles. The summed E-state index contributed by atoms with van der Waals surface area (Å²) in [6.07, 6.45) is 5.42. The summed E-state index contributed by atoms with van der Waals surface area (Å²) in [6, 6.07) is 0. The van der Waals surface area contributed by atoms with Crippen LogP contribution in [-0.2, 0) is 19.5 Å². The van der Waals surface area contributed by atoms with E-state index in [9.17, 15) is 8.42 Å². The Morgan fingerprint density at radius 2 is 1.26 bits per heavy atom. The van der Waals surface area contributed by atoms with Gasteiger partial charge in [-0.05, 0) is 12.8 Å². The van der Waals surface area contributed by atoms with E-state index in [1.165, 1.54) is 10.6 Å². The monoisotopic (exact) mass is 295 g/mol. The van der Waals surface area contributed by atoms with Crippen LogP contribution in [0.4, 0.5) is 0 Å². The molecule has 6 heteroatoms. The van der Waals surface area contributed by atoms with Crippen LogP contribution in [0.5, 0.6) is 0 Å². The molecule has 116 valence electrons. The SMILES string of the molecule is CCCCOCCN(CCOCCCC)S(C)(=O)=O. The fourth-order valence-electron chi connectivity index (χ4n) is 1.47. The molecule has 0 bridgehead atoms. The normalized spacial score (nSPS) is 12.2. The predicted molar refractivity (Wildman–Crippen MR) is 77.9 cm³/mol. The molecule has 0 N–H and O–H groups in total. The summed E-state index contributed by atoms with van der Waals surface area (Å²) >= 11 is 0. The highest BCUT2D eigenvalue weighted by Crippen LogP contribution is 1.99. The van der Waals surface area contributed by atoms with Crippen LogP contribution in [0.3, 0.4) is 0 Å². The molecule has 0 saturated carbocycles. The number of sulfonamides is 1. The van der Waals surface area contributed by atoms with Crippen LogP contribution in [-0.4, -0.2) is 58.5 Å². The highest BCUT2D eigenvalue weighted by Gasteiger charge is 2.15. The number of rotatable bonds is 13. The molecule has 0 aliphatic heterocycles. The van der Waals surface area contributed by atoms with Crippen molar-refractivity contribution in [2.75, 3.05) is 45.8 Å². The van der Waals surface area contributed by atoms with Crippen molar-refractivity contribution in [2.45, 2.75) is 39.5 Å². The smallest absolute Gasteiger partial charge is 0.211 e. The fraction of sp³-hybridized carbons (Fsp3) is 1.00. The van der Waals surface area contributed by atoms with Gasteiger partial charge >= 0.3 is 0 Å². The second-order valence-electron chi connectivity index (χ2n) is 4.59. The Kier molecular flexibility index (Phi) is 11.5. The van der Waals surface area contributed by atoms with Crippen LogP contribution in [0.1, 0.15) is 39.5 Å². The van der Waals surface area contributed by atoms with Crippen LogP contribution >= 0.6 is 0 Å². The van der Waals surface area contributed by atoms with E-state index in [1.807, 2.05) is 0 Å². The van der Waals surface area contributed by atoms with Gasteiger partial charge in [0, 0.05) is 26.3 Å². The van der Waals surface area contributed by atoms with Gasteiger partial charge in [-0.25, -0.2) is 8.42 Å². The lowest BCUT2D eigenvalue weighted by Crippen LogP contribution is -2.36. The molecule has 5 nitrogen and oxygen atoms in total. The van der Waals surface area contributed by atoms with Crippen molar-refractivity contribution in [3.05, 3.63) is 0 Å². The molecule has 0 fully saturated rings. The van der Waals surface area contributed by atoms with Crippen LogP contribution in [0.2, 0.25) is 0 Å².